The summed E-state index contributed by atoms with van der Waals surface area (Å²) >= 11 is 6.30. The Balaban J connectivity index is 2.05. The maximum absolute atomic E-state index is 11.8. The number of carbonyl (C=O) groups excluding carboxylic acids is 1. The molecule has 118 valence electrons. The van der Waals surface area contributed by atoms with Crippen LogP contribution in [0.15, 0.2) is 16.9 Å². The Hall–Kier alpha value is -2.21. The van der Waals surface area contributed by atoms with Gasteiger partial charge in [-0.2, -0.15) is 0 Å². The number of hydrogen-bond donors (Lipinski definition) is 0. The first-order chi connectivity index (χ1) is 11.1. The molecular formula is C16H15ClN4O2. The van der Waals surface area contributed by atoms with Gasteiger partial charge in [0.15, 0.2) is 6.29 Å². The van der Waals surface area contributed by atoms with E-state index in [1.54, 1.807) is 0 Å². The molecule has 0 aromatic carbocycles. The third-order valence-electron chi connectivity index (χ3n) is 4.17. The van der Waals surface area contributed by atoms with Crippen molar-refractivity contribution in [1.82, 2.24) is 19.7 Å². The maximum Gasteiger partial charge on any atom is 0.167 e. The smallest absolute Gasteiger partial charge is 0.167 e. The van der Waals surface area contributed by atoms with Crippen molar-refractivity contribution < 1.29 is 9.32 Å². The molecule has 0 unspecified atom stereocenters. The second-order valence-electron chi connectivity index (χ2n) is 6.09. The molecule has 0 N–H and O–H groups in total. The van der Waals surface area contributed by atoms with E-state index in [9.17, 15) is 4.79 Å². The van der Waals surface area contributed by atoms with Crippen LogP contribution in [0.2, 0.25) is 5.15 Å². The Bertz CT molecular complexity index is 908. The van der Waals surface area contributed by atoms with Gasteiger partial charge in [0.05, 0.1) is 11.1 Å². The second kappa shape index (κ2) is 5.16. The summed E-state index contributed by atoms with van der Waals surface area (Å²) < 4.78 is 7.30. The minimum absolute atomic E-state index is 0.0484. The molecule has 4 rings (SSSR count). The predicted octanol–water partition coefficient (Wildman–Crippen LogP) is 4.01. The van der Waals surface area contributed by atoms with Gasteiger partial charge in [-0.3, -0.25) is 4.79 Å². The minimum Gasteiger partial charge on any atom is -0.360 e. The highest BCUT2D eigenvalue weighted by molar-refractivity contribution is 6.35. The van der Waals surface area contributed by atoms with E-state index in [0.717, 1.165) is 24.9 Å². The fourth-order valence-electron chi connectivity index (χ4n) is 2.98. The van der Waals surface area contributed by atoms with Crippen LogP contribution in [-0.2, 0) is 0 Å². The molecule has 3 aromatic heterocycles. The lowest BCUT2D eigenvalue weighted by Crippen LogP contribution is -2.06. The lowest BCUT2D eigenvalue weighted by Gasteiger charge is -2.10. The summed E-state index contributed by atoms with van der Waals surface area (Å²) in [5, 5.41) is 5.11. The highest BCUT2D eigenvalue weighted by Gasteiger charge is 2.30. The molecule has 0 radical (unpaired) electrons. The van der Waals surface area contributed by atoms with Crippen LogP contribution < -0.4 is 0 Å². The van der Waals surface area contributed by atoms with Crippen LogP contribution in [0.5, 0.6) is 0 Å². The number of halogens is 1. The van der Waals surface area contributed by atoms with Gasteiger partial charge in [0.1, 0.15) is 28.6 Å². The summed E-state index contributed by atoms with van der Waals surface area (Å²) in [6.07, 6.45) is 4.46. The third-order valence-corrected chi connectivity index (χ3v) is 4.45. The lowest BCUT2D eigenvalue weighted by molar-refractivity contribution is 0.111. The summed E-state index contributed by atoms with van der Waals surface area (Å²) in [5.74, 6) is 1.30. The number of fused-ring (bicyclic) bond motifs is 1. The third kappa shape index (κ3) is 2.16. The van der Waals surface area contributed by atoms with Crippen LogP contribution in [0.3, 0.4) is 0 Å². The molecule has 23 heavy (non-hydrogen) atoms. The van der Waals surface area contributed by atoms with E-state index in [2.05, 4.69) is 15.1 Å². The number of hydrogen-bond acceptors (Lipinski definition) is 5. The summed E-state index contributed by atoms with van der Waals surface area (Å²) in [6.45, 7) is 3.98. The van der Waals surface area contributed by atoms with E-state index in [1.807, 2.05) is 24.5 Å². The molecule has 0 aliphatic heterocycles. The first-order valence-electron chi connectivity index (χ1n) is 7.58. The number of nitrogens with zero attached hydrogens (tertiary/aromatic N) is 4. The predicted molar refractivity (Wildman–Crippen MR) is 85.8 cm³/mol. The van der Waals surface area contributed by atoms with Crippen molar-refractivity contribution >= 4 is 28.9 Å². The summed E-state index contributed by atoms with van der Waals surface area (Å²) in [4.78, 5) is 20.2. The van der Waals surface area contributed by atoms with E-state index >= 15 is 0 Å². The van der Waals surface area contributed by atoms with Crippen molar-refractivity contribution in [3.05, 3.63) is 29.0 Å². The Kier molecular flexibility index (Phi) is 3.23. The molecule has 0 bridgehead atoms. The quantitative estimate of drug-likeness (QED) is 0.533. The topological polar surface area (TPSA) is 73.8 Å². The fourth-order valence-corrected chi connectivity index (χ4v) is 3.20. The lowest BCUT2D eigenvalue weighted by atomic mass is 10.1. The van der Waals surface area contributed by atoms with Crippen LogP contribution in [0.25, 0.3) is 22.3 Å². The van der Waals surface area contributed by atoms with Gasteiger partial charge in [-0.15, -0.1) is 0 Å². The van der Waals surface area contributed by atoms with E-state index in [4.69, 9.17) is 16.1 Å². The molecular weight excluding hydrogens is 316 g/mol. The molecule has 1 saturated carbocycles. The zero-order chi connectivity index (χ0) is 16.1. The molecule has 0 amide bonds. The Morgan fingerprint density at radius 2 is 2.17 bits per heavy atom. The molecule has 0 spiro atoms. The first kappa shape index (κ1) is 14.4. The number of carbonyl (C=O) groups is 1. The number of rotatable bonds is 4. The highest BCUT2D eigenvalue weighted by atomic mass is 35.5. The van der Waals surface area contributed by atoms with Crippen molar-refractivity contribution in [1.29, 1.82) is 0 Å². The zero-order valence-electron chi connectivity index (χ0n) is 12.8. The number of aromatic nitrogens is 4. The molecule has 1 aliphatic rings. The van der Waals surface area contributed by atoms with Gasteiger partial charge in [-0.05, 0) is 26.7 Å². The minimum atomic E-state index is 0.0484. The van der Waals surface area contributed by atoms with Crippen molar-refractivity contribution in [2.45, 2.75) is 38.6 Å². The largest absolute Gasteiger partial charge is 0.360 e. The van der Waals surface area contributed by atoms with Gasteiger partial charge in [-0.1, -0.05) is 16.8 Å². The van der Waals surface area contributed by atoms with Crippen molar-refractivity contribution in [2.75, 3.05) is 0 Å². The summed E-state index contributed by atoms with van der Waals surface area (Å²) in [5.41, 5.74) is 2.38. The van der Waals surface area contributed by atoms with Crippen LogP contribution >= 0.6 is 11.6 Å². The first-order valence-corrected chi connectivity index (χ1v) is 7.96. The molecule has 3 heterocycles. The SMILES string of the molecule is CC(C)n1c(C=O)c(-c2cc(C3CC3)on2)c2c(Cl)ncnc21. The van der Waals surface area contributed by atoms with Crippen LogP contribution in [0, 0.1) is 0 Å². The van der Waals surface area contributed by atoms with Gasteiger partial charge < -0.3 is 9.09 Å². The van der Waals surface area contributed by atoms with Gasteiger partial charge >= 0.3 is 0 Å². The van der Waals surface area contributed by atoms with Gasteiger partial charge in [0, 0.05) is 23.6 Å². The van der Waals surface area contributed by atoms with Crippen LogP contribution in [-0.4, -0.2) is 26.0 Å². The van der Waals surface area contributed by atoms with Crippen LogP contribution in [0.4, 0.5) is 0 Å². The highest BCUT2D eigenvalue weighted by Crippen LogP contribution is 2.43. The molecule has 7 heteroatoms. The summed E-state index contributed by atoms with van der Waals surface area (Å²) in [7, 11) is 0. The van der Waals surface area contributed by atoms with E-state index in [1.165, 1.54) is 6.33 Å². The van der Waals surface area contributed by atoms with E-state index in [0.29, 0.717) is 39.1 Å². The molecule has 1 fully saturated rings. The second-order valence-corrected chi connectivity index (χ2v) is 6.45. The van der Waals surface area contributed by atoms with Crippen molar-refractivity contribution in [3.63, 3.8) is 0 Å². The average molecular weight is 331 g/mol. The molecule has 3 aromatic rings. The standard InChI is InChI=1S/C16H15ClN4O2/c1-8(2)21-11(6-22)13(14-15(17)18-7-19-16(14)21)10-5-12(23-20-10)9-3-4-9/h5-9H,3-4H2,1-2H3. The monoisotopic (exact) mass is 330 g/mol. The molecule has 1 aliphatic carbocycles. The Morgan fingerprint density at radius 3 is 2.83 bits per heavy atom. The Morgan fingerprint density at radius 1 is 1.39 bits per heavy atom. The van der Waals surface area contributed by atoms with Crippen molar-refractivity contribution in [2.24, 2.45) is 0 Å². The van der Waals surface area contributed by atoms with Crippen LogP contribution in [0.1, 0.15) is 54.9 Å². The normalized spacial score (nSPS) is 14.8. The molecule has 6 nitrogen and oxygen atoms in total. The van der Waals surface area contributed by atoms with E-state index < -0.39 is 0 Å². The van der Waals surface area contributed by atoms with Crippen molar-refractivity contribution in [3.8, 4) is 11.3 Å². The zero-order valence-corrected chi connectivity index (χ0v) is 13.5. The van der Waals surface area contributed by atoms with Gasteiger partial charge in [-0.25, -0.2) is 9.97 Å². The van der Waals surface area contributed by atoms with Gasteiger partial charge in [0.25, 0.3) is 0 Å². The van der Waals surface area contributed by atoms with E-state index in [-0.39, 0.29) is 6.04 Å². The maximum atomic E-state index is 11.8. The molecule has 0 atom stereocenters. The number of aldehydes is 1. The Labute approximate surface area is 137 Å². The summed E-state index contributed by atoms with van der Waals surface area (Å²) in [6, 6.07) is 1.94. The average Bonchev–Trinajstić information content (AvgIpc) is 3.15. The fraction of sp³-hybridized carbons (Fsp3) is 0.375. The van der Waals surface area contributed by atoms with Gasteiger partial charge in [0.2, 0.25) is 0 Å². The molecule has 0 saturated heterocycles.